The first-order valence-electron chi connectivity index (χ1n) is 7.71. The molecule has 10 nitrogen and oxygen atoms in total. The Bertz CT molecular complexity index is 826. The molecule has 0 spiro atoms. The van der Waals surface area contributed by atoms with Gasteiger partial charge in [-0.3, -0.25) is 4.57 Å². The predicted octanol–water partition coefficient (Wildman–Crippen LogP) is -0.340. The molecule has 138 valence electrons. The number of rotatable bonds is 4. The van der Waals surface area contributed by atoms with E-state index in [1.165, 1.54) is 12.3 Å². The van der Waals surface area contributed by atoms with Crippen molar-refractivity contribution in [2.24, 2.45) is 0 Å². The Morgan fingerprint density at radius 2 is 1.96 bits per heavy atom. The highest BCUT2D eigenvalue weighted by Gasteiger charge is 2.44. The highest BCUT2D eigenvalue weighted by atomic mass is 16.7. The maximum absolute atomic E-state index is 11.8. The van der Waals surface area contributed by atoms with Gasteiger partial charge in [0.05, 0.1) is 0 Å². The van der Waals surface area contributed by atoms with Gasteiger partial charge < -0.3 is 30.2 Å². The van der Waals surface area contributed by atoms with Crippen LogP contribution in [0, 0.1) is 0 Å². The zero-order chi connectivity index (χ0) is 18.7. The molecular weight excluding hydrogens is 346 g/mol. The Morgan fingerprint density at radius 3 is 2.65 bits per heavy atom. The number of nitrogen functional groups attached to an aromatic ring is 1. The third kappa shape index (κ3) is 3.82. The molecule has 0 aliphatic carbocycles. The van der Waals surface area contributed by atoms with E-state index in [-0.39, 0.29) is 12.4 Å². The molecule has 1 aromatic carbocycles. The quantitative estimate of drug-likeness (QED) is 0.490. The number of benzene rings is 1. The number of hydrogen-bond donors (Lipinski definition) is 3. The zero-order valence-electron chi connectivity index (χ0n) is 13.5. The molecule has 1 fully saturated rings. The van der Waals surface area contributed by atoms with Gasteiger partial charge in [0.1, 0.15) is 36.5 Å². The molecule has 4 N–H and O–H groups in total. The van der Waals surface area contributed by atoms with Crippen LogP contribution in [0.1, 0.15) is 6.23 Å². The van der Waals surface area contributed by atoms with Crippen LogP contribution in [0.3, 0.4) is 0 Å². The number of aromatic nitrogens is 2. The van der Waals surface area contributed by atoms with Crippen LogP contribution in [0.2, 0.25) is 0 Å². The monoisotopic (exact) mass is 363 g/mol. The summed E-state index contributed by atoms with van der Waals surface area (Å²) in [5.41, 5.74) is 4.67. The summed E-state index contributed by atoms with van der Waals surface area (Å²) in [4.78, 5) is 27.1. The molecule has 1 aliphatic rings. The highest BCUT2D eigenvalue weighted by molar-refractivity contribution is 5.63. The van der Waals surface area contributed by atoms with Gasteiger partial charge in [-0.1, -0.05) is 18.2 Å². The lowest BCUT2D eigenvalue weighted by Gasteiger charge is -2.16. The number of aliphatic hydroxyl groups is 2. The second kappa shape index (κ2) is 7.52. The van der Waals surface area contributed by atoms with E-state index < -0.39 is 36.4 Å². The number of nitrogens with zero attached hydrogens (tertiary/aromatic N) is 2. The van der Waals surface area contributed by atoms with Crippen LogP contribution in [-0.4, -0.2) is 50.8 Å². The molecule has 0 radical (unpaired) electrons. The SMILES string of the molecule is Nc1ccn([C@@H]2O[C@H](COC(=O)Oc3ccccc3)[C@@H](O)[C@H]2O)c(=O)n1. The summed E-state index contributed by atoms with van der Waals surface area (Å²) in [7, 11) is 0. The molecule has 26 heavy (non-hydrogen) atoms. The molecular formula is C16H17N3O7. The fourth-order valence-corrected chi connectivity index (χ4v) is 2.48. The average molecular weight is 363 g/mol. The van der Waals surface area contributed by atoms with Crippen LogP contribution in [0.25, 0.3) is 0 Å². The van der Waals surface area contributed by atoms with E-state index in [1.54, 1.807) is 30.3 Å². The van der Waals surface area contributed by atoms with Gasteiger partial charge in [-0.05, 0) is 18.2 Å². The minimum atomic E-state index is -1.42. The average Bonchev–Trinajstić information content (AvgIpc) is 2.89. The van der Waals surface area contributed by atoms with Crippen molar-refractivity contribution < 1.29 is 29.2 Å². The van der Waals surface area contributed by atoms with Crippen LogP contribution < -0.4 is 16.2 Å². The number of para-hydroxylation sites is 1. The third-order valence-corrected chi connectivity index (χ3v) is 3.77. The fourth-order valence-electron chi connectivity index (χ4n) is 2.48. The van der Waals surface area contributed by atoms with Crippen molar-refractivity contribution in [1.82, 2.24) is 9.55 Å². The zero-order valence-corrected chi connectivity index (χ0v) is 13.5. The maximum atomic E-state index is 11.8. The number of carbonyl (C=O) groups excluding carboxylic acids is 1. The predicted molar refractivity (Wildman–Crippen MR) is 87.3 cm³/mol. The van der Waals surface area contributed by atoms with E-state index in [4.69, 9.17) is 19.9 Å². The van der Waals surface area contributed by atoms with Gasteiger partial charge in [-0.2, -0.15) is 4.98 Å². The maximum Gasteiger partial charge on any atom is 0.513 e. The van der Waals surface area contributed by atoms with Crippen LogP contribution in [0.15, 0.2) is 47.4 Å². The van der Waals surface area contributed by atoms with Gasteiger partial charge in [-0.15, -0.1) is 0 Å². The lowest BCUT2D eigenvalue weighted by molar-refractivity contribution is -0.0603. The van der Waals surface area contributed by atoms with Crippen LogP contribution >= 0.6 is 0 Å². The number of ether oxygens (including phenoxy) is 3. The van der Waals surface area contributed by atoms with Gasteiger partial charge in [0.15, 0.2) is 6.23 Å². The minimum Gasteiger partial charge on any atom is -0.431 e. The molecule has 0 amide bonds. The van der Waals surface area contributed by atoms with Gasteiger partial charge in [0.25, 0.3) is 0 Å². The standard InChI is InChI=1S/C16H17N3O7/c17-11-6-7-19(15(22)18-11)14-13(21)12(20)10(26-14)8-24-16(23)25-9-4-2-1-3-5-9/h1-7,10,12-14,20-21H,8H2,(H2,17,18,22)/t10-,12-,13-,14-/m1/s1. The molecule has 2 heterocycles. The second-order valence-corrected chi connectivity index (χ2v) is 5.56. The van der Waals surface area contributed by atoms with Crippen molar-refractivity contribution in [1.29, 1.82) is 0 Å². The minimum absolute atomic E-state index is 0.0165. The van der Waals surface area contributed by atoms with Crippen LogP contribution in [0.4, 0.5) is 10.6 Å². The van der Waals surface area contributed by atoms with E-state index in [0.29, 0.717) is 5.75 Å². The molecule has 0 unspecified atom stereocenters. The number of hydrogen-bond acceptors (Lipinski definition) is 9. The molecule has 1 saturated heterocycles. The number of carbonyl (C=O) groups is 1. The Kier molecular flexibility index (Phi) is 5.16. The largest absolute Gasteiger partial charge is 0.513 e. The highest BCUT2D eigenvalue weighted by Crippen LogP contribution is 2.28. The fraction of sp³-hybridized carbons (Fsp3) is 0.312. The molecule has 4 atom stereocenters. The molecule has 3 rings (SSSR count). The lowest BCUT2D eigenvalue weighted by Crippen LogP contribution is -2.36. The molecule has 2 aromatic rings. The third-order valence-electron chi connectivity index (χ3n) is 3.77. The van der Waals surface area contributed by atoms with Crippen LogP contribution in [-0.2, 0) is 9.47 Å². The normalized spacial score (nSPS) is 25.0. The summed E-state index contributed by atoms with van der Waals surface area (Å²) < 4.78 is 16.3. The van der Waals surface area contributed by atoms with E-state index in [2.05, 4.69) is 4.98 Å². The molecule has 1 aliphatic heterocycles. The topological polar surface area (TPSA) is 146 Å². The van der Waals surface area contributed by atoms with Crippen molar-refractivity contribution >= 4 is 12.0 Å². The Balaban J connectivity index is 1.61. The van der Waals surface area contributed by atoms with E-state index in [9.17, 15) is 19.8 Å². The van der Waals surface area contributed by atoms with E-state index in [0.717, 1.165) is 4.57 Å². The van der Waals surface area contributed by atoms with Crippen molar-refractivity contribution in [3.8, 4) is 5.75 Å². The first kappa shape index (κ1) is 17.9. The summed E-state index contributed by atoms with van der Waals surface area (Å²) in [5.74, 6) is 0.311. The number of aliphatic hydroxyl groups excluding tert-OH is 2. The van der Waals surface area contributed by atoms with Gasteiger partial charge in [0, 0.05) is 6.20 Å². The van der Waals surface area contributed by atoms with E-state index >= 15 is 0 Å². The number of nitrogens with two attached hydrogens (primary N) is 1. The van der Waals surface area contributed by atoms with Gasteiger partial charge >= 0.3 is 11.8 Å². The summed E-state index contributed by atoms with van der Waals surface area (Å²) in [6, 6.07) is 9.63. The Hall–Kier alpha value is -2.95. The summed E-state index contributed by atoms with van der Waals surface area (Å²) >= 11 is 0. The summed E-state index contributed by atoms with van der Waals surface area (Å²) in [6.07, 6.45) is -4.74. The van der Waals surface area contributed by atoms with Crippen molar-refractivity contribution in [2.45, 2.75) is 24.5 Å². The molecule has 0 bridgehead atoms. The lowest BCUT2D eigenvalue weighted by atomic mass is 10.1. The first-order valence-corrected chi connectivity index (χ1v) is 7.71. The van der Waals surface area contributed by atoms with Crippen molar-refractivity contribution in [3.05, 3.63) is 53.1 Å². The molecule has 1 aromatic heterocycles. The molecule has 10 heteroatoms. The first-order chi connectivity index (χ1) is 12.5. The van der Waals surface area contributed by atoms with Gasteiger partial charge in [-0.25, -0.2) is 9.59 Å². The van der Waals surface area contributed by atoms with Crippen molar-refractivity contribution in [3.63, 3.8) is 0 Å². The van der Waals surface area contributed by atoms with Gasteiger partial charge in [0.2, 0.25) is 0 Å². The second-order valence-electron chi connectivity index (χ2n) is 5.56. The summed E-state index contributed by atoms with van der Waals surface area (Å²) in [6.45, 7) is -0.377. The number of anilines is 1. The van der Waals surface area contributed by atoms with E-state index in [1.807, 2.05) is 0 Å². The molecule has 0 saturated carbocycles. The van der Waals surface area contributed by atoms with Crippen molar-refractivity contribution in [2.75, 3.05) is 12.3 Å². The Labute approximate surface area is 147 Å². The summed E-state index contributed by atoms with van der Waals surface area (Å²) in [5, 5.41) is 20.2. The Morgan fingerprint density at radius 1 is 1.23 bits per heavy atom. The smallest absolute Gasteiger partial charge is 0.431 e. The van der Waals surface area contributed by atoms with Crippen LogP contribution in [0.5, 0.6) is 5.75 Å².